The van der Waals surface area contributed by atoms with E-state index in [1.54, 1.807) is 18.2 Å². The van der Waals surface area contributed by atoms with Crippen molar-refractivity contribution in [2.24, 2.45) is 0 Å². The van der Waals surface area contributed by atoms with Crippen molar-refractivity contribution in [1.29, 1.82) is 0 Å². The molecule has 0 fully saturated rings. The van der Waals surface area contributed by atoms with E-state index in [0.717, 1.165) is 0 Å². The van der Waals surface area contributed by atoms with Crippen molar-refractivity contribution in [2.75, 3.05) is 0 Å². The Balaban J connectivity index is 2.01. The molecule has 6 nitrogen and oxygen atoms in total. The van der Waals surface area contributed by atoms with Crippen molar-refractivity contribution < 1.29 is 24.5 Å². The fourth-order valence-electron chi connectivity index (χ4n) is 2.17. The van der Waals surface area contributed by atoms with E-state index in [0.29, 0.717) is 10.6 Å². The van der Waals surface area contributed by atoms with Crippen molar-refractivity contribution in [3.05, 3.63) is 58.1 Å². The van der Waals surface area contributed by atoms with Crippen LogP contribution in [0.2, 0.25) is 10.0 Å². The third-order valence-corrected chi connectivity index (χ3v) is 4.09. The molecule has 2 rings (SSSR count). The Morgan fingerprint density at radius 2 is 1.81 bits per heavy atom. The molecule has 26 heavy (non-hydrogen) atoms. The van der Waals surface area contributed by atoms with Crippen molar-refractivity contribution in [2.45, 2.75) is 25.5 Å². The Morgan fingerprint density at radius 1 is 1.15 bits per heavy atom. The van der Waals surface area contributed by atoms with Crippen LogP contribution in [0.25, 0.3) is 0 Å². The topological polar surface area (TPSA) is 95.9 Å². The lowest BCUT2D eigenvalue weighted by Crippen LogP contribution is -2.47. The summed E-state index contributed by atoms with van der Waals surface area (Å²) in [6, 6.07) is 9.51. The highest BCUT2D eigenvalue weighted by Crippen LogP contribution is 2.28. The molecular weight excluding hydrogens is 381 g/mol. The molecule has 2 aromatic rings. The standard InChI is InChI=1S/C18H17Cl2NO5/c1-10(26-16-7-4-12(19)9-14(16)20)17(23)21-15(18(24)25)8-11-2-5-13(22)6-3-11/h2-7,9-10,15,22H,8H2,1H3,(H,21,23)(H,24,25)/t10-,15-/m1/s1. The average molecular weight is 398 g/mol. The van der Waals surface area contributed by atoms with E-state index in [2.05, 4.69) is 5.32 Å². The van der Waals surface area contributed by atoms with Gasteiger partial charge in [0.1, 0.15) is 17.5 Å². The molecule has 2 aromatic carbocycles. The fraction of sp³-hybridized carbons (Fsp3) is 0.222. The first-order valence-corrected chi connectivity index (χ1v) is 8.44. The number of carboxylic acid groups (broad SMARTS) is 1. The van der Waals surface area contributed by atoms with Gasteiger partial charge in [-0.15, -0.1) is 0 Å². The summed E-state index contributed by atoms with van der Waals surface area (Å²) >= 11 is 11.8. The molecule has 2 atom stereocenters. The van der Waals surface area contributed by atoms with Gasteiger partial charge in [0.25, 0.3) is 5.91 Å². The summed E-state index contributed by atoms with van der Waals surface area (Å²) in [7, 11) is 0. The second-order valence-electron chi connectivity index (χ2n) is 5.60. The number of rotatable bonds is 7. The van der Waals surface area contributed by atoms with Gasteiger partial charge in [-0.25, -0.2) is 4.79 Å². The Kier molecular flexibility index (Phi) is 6.71. The minimum atomic E-state index is -1.18. The van der Waals surface area contributed by atoms with Crippen molar-refractivity contribution in [3.8, 4) is 11.5 Å². The number of carbonyl (C=O) groups is 2. The number of carboxylic acids is 1. The predicted octanol–water partition coefficient (Wildman–Crippen LogP) is 3.28. The van der Waals surface area contributed by atoms with E-state index in [-0.39, 0.29) is 22.9 Å². The van der Waals surface area contributed by atoms with Gasteiger partial charge in [-0.05, 0) is 42.8 Å². The maximum atomic E-state index is 12.3. The van der Waals surface area contributed by atoms with Gasteiger partial charge in [0, 0.05) is 11.4 Å². The van der Waals surface area contributed by atoms with Gasteiger partial charge in [-0.1, -0.05) is 35.3 Å². The first-order chi connectivity index (χ1) is 12.3. The number of hydrogen-bond acceptors (Lipinski definition) is 4. The fourth-order valence-corrected chi connectivity index (χ4v) is 2.62. The van der Waals surface area contributed by atoms with Crippen LogP contribution < -0.4 is 10.1 Å². The molecule has 0 radical (unpaired) electrons. The van der Waals surface area contributed by atoms with Crippen LogP contribution in [0.15, 0.2) is 42.5 Å². The minimum Gasteiger partial charge on any atom is -0.508 e. The second-order valence-corrected chi connectivity index (χ2v) is 6.45. The quantitative estimate of drug-likeness (QED) is 0.665. The molecule has 0 saturated carbocycles. The Hall–Kier alpha value is -2.44. The maximum Gasteiger partial charge on any atom is 0.326 e. The van der Waals surface area contributed by atoms with Crippen LogP contribution in [0.3, 0.4) is 0 Å². The van der Waals surface area contributed by atoms with Crippen molar-refractivity contribution in [3.63, 3.8) is 0 Å². The summed E-state index contributed by atoms with van der Waals surface area (Å²) in [5, 5.41) is 21.7. The number of amides is 1. The lowest BCUT2D eigenvalue weighted by atomic mass is 10.1. The van der Waals surface area contributed by atoms with Gasteiger partial charge in [0.2, 0.25) is 0 Å². The molecule has 138 valence electrons. The number of aliphatic carboxylic acids is 1. The molecule has 0 saturated heterocycles. The third-order valence-electron chi connectivity index (χ3n) is 3.56. The van der Waals surface area contributed by atoms with Crippen molar-refractivity contribution in [1.82, 2.24) is 5.32 Å². The summed E-state index contributed by atoms with van der Waals surface area (Å²) in [4.78, 5) is 23.7. The SMILES string of the molecule is C[C@@H](Oc1ccc(Cl)cc1Cl)C(=O)N[C@H](Cc1ccc(O)cc1)C(=O)O. The highest BCUT2D eigenvalue weighted by molar-refractivity contribution is 6.35. The van der Waals surface area contributed by atoms with E-state index in [1.165, 1.54) is 31.2 Å². The zero-order valence-electron chi connectivity index (χ0n) is 13.8. The molecule has 0 spiro atoms. The molecule has 0 aliphatic heterocycles. The number of halogens is 2. The number of carbonyl (C=O) groups excluding carboxylic acids is 1. The number of nitrogens with one attached hydrogen (secondary N) is 1. The van der Waals surface area contributed by atoms with Gasteiger partial charge in [0.05, 0.1) is 5.02 Å². The molecule has 0 unspecified atom stereocenters. The smallest absolute Gasteiger partial charge is 0.326 e. The number of benzene rings is 2. The third kappa shape index (κ3) is 5.54. The summed E-state index contributed by atoms with van der Waals surface area (Å²) < 4.78 is 5.48. The van der Waals surface area contributed by atoms with Gasteiger partial charge in [-0.2, -0.15) is 0 Å². The molecule has 0 heterocycles. The van der Waals surface area contributed by atoms with Crippen LogP contribution in [0.4, 0.5) is 0 Å². The number of phenols is 1. The number of ether oxygens (including phenoxy) is 1. The molecule has 3 N–H and O–H groups in total. The average Bonchev–Trinajstić information content (AvgIpc) is 2.58. The first kappa shape index (κ1) is 19.9. The highest BCUT2D eigenvalue weighted by atomic mass is 35.5. The van der Waals surface area contributed by atoms with E-state index in [1.807, 2.05) is 0 Å². The predicted molar refractivity (Wildman–Crippen MR) is 97.9 cm³/mol. The normalized spacial score (nSPS) is 12.9. The molecule has 0 aliphatic rings. The van der Waals surface area contributed by atoms with Crippen LogP contribution in [0.5, 0.6) is 11.5 Å². The van der Waals surface area contributed by atoms with Crippen LogP contribution in [0.1, 0.15) is 12.5 Å². The van der Waals surface area contributed by atoms with E-state index in [4.69, 9.17) is 27.9 Å². The van der Waals surface area contributed by atoms with E-state index >= 15 is 0 Å². The zero-order chi connectivity index (χ0) is 19.3. The summed E-state index contributed by atoms with van der Waals surface area (Å²) in [6.07, 6.45) is -0.897. The lowest BCUT2D eigenvalue weighted by Gasteiger charge is -2.19. The van der Waals surface area contributed by atoms with E-state index in [9.17, 15) is 19.8 Å². The van der Waals surface area contributed by atoms with Crippen LogP contribution >= 0.6 is 23.2 Å². The summed E-state index contributed by atoms with van der Waals surface area (Å²) in [5.74, 6) is -1.43. The Bertz CT molecular complexity index is 795. The maximum absolute atomic E-state index is 12.3. The molecule has 8 heteroatoms. The molecule has 0 aliphatic carbocycles. The zero-order valence-corrected chi connectivity index (χ0v) is 15.3. The number of aromatic hydroxyl groups is 1. The minimum absolute atomic E-state index is 0.0653. The molecule has 0 bridgehead atoms. The molecule has 0 aromatic heterocycles. The largest absolute Gasteiger partial charge is 0.508 e. The number of phenolic OH excluding ortho intramolecular Hbond substituents is 1. The Labute approximate surface area is 160 Å². The Morgan fingerprint density at radius 3 is 2.38 bits per heavy atom. The van der Waals surface area contributed by atoms with Crippen LogP contribution in [-0.4, -0.2) is 34.2 Å². The van der Waals surface area contributed by atoms with Crippen molar-refractivity contribution >= 4 is 35.1 Å². The van der Waals surface area contributed by atoms with Gasteiger partial charge in [0.15, 0.2) is 6.10 Å². The van der Waals surface area contributed by atoms with E-state index < -0.39 is 24.0 Å². The highest BCUT2D eigenvalue weighted by Gasteiger charge is 2.24. The van der Waals surface area contributed by atoms with Crippen LogP contribution in [0, 0.1) is 0 Å². The monoisotopic (exact) mass is 397 g/mol. The van der Waals surface area contributed by atoms with Crippen LogP contribution in [-0.2, 0) is 16.0 Å². The molecular formula is C18H17Cl2NO5. The van der Waals surface area contributed by atoms with Gasteiger partial charge in [-0.3, -0.25) is 4.79 Å². The molecule has 1 amide bonds. The lowest BCUT2D eigenvalue weighted by molar-refractivity contribution is -0.142. The summed E-state index contributed by atoms with van der Waals surface area (Å²) in [6.45, 7) is 1.49. The van der Waals surface area contributed by atoms with Gasteiger partial charge < -0.3 is 20.3 Å². The summed E-state index contributed by atoms with van der Waals surface area (Å²) in [5.41, 5.74) is 0.657. The van der Waals surface area contributed by atoms with Gasteiger partial charge >= 0.3 is 5.97 Å². The first-order valence-electron chi connectivity index (χ1n) is 7.69. The second kappa shape index (κ2) is 8.78. The number of hydrogen-bond donors (Lipinski definition) is 3.